The van der Waals surface area contributed by atoms with Crippen LogP contribution in [0.5, 0.6) is 5.75 Å². The van der Waals surface area contributed by atoms with Crippen molar-refractivity contribution in [2.45, 2.75) is 31.8 Å². The van der Waals surface area contributed by atoms with Gasteiger partial charge in [0.05, 0.1) is 18.8 Å². The molecule has 2 aromatic carbocycles. The summed E-state index contributed by atoms with van der Waals surface area (Å²) in [6.45, 7) is 1.87. The summed E-state index contributed by atoms with van der Waals surface area (Å²) >= 11 is 0. The SMILES string of the molecule is COc1cc2c(cc1NC(=O)C(C)NC1CC1)oc1ccccc12.Cl. The number of methoxy groups -OCH3 is 1. The summed E-state index contributed by atoms with van der Waals surface area (Å²) in [5.41, 5.74) is 2.18. The van der Waals surface area contributed by atoms with Crippen molar-refractivity contribution in [1.82, 2.24) is 5.32 Å². The number of nitrogens with one attached hydrogen (secondary N) is 2. The lowest BCUT2D eigenvalue weighted by Crippen LogP contribution is -2.39. The normalized spacial score (nSPS) is 15.0. The van der Waals surface area contributed by atoms with E-state index in [0.29, 0.717) is 17.5 Å². The van der Waals surface area contributed by atoms with Crippen LogP contribution in [-0.2, 0) is 4.79 Å². The number of hydrogen-bond donors (Lipinski definition) is 2. The molecular weight excluding hydrogens is 340 g/mol. The van der Waals surface area contributed by atoms with Gasteiger partial charge in [0, 0.05) is 22.9 Å². The van der Waals surface area contributed by atoms with E-state index in [1.165, 1.54) is 0 Å². The summed E-state index contributed by atoms with van der Waals surface area (Å²) in [4.78, 5) is 12.4. The second kappa shape index (κ2) is 6.94. The topological polar surface area (TPSA) is 63.5 Å². The van der Waals surface area contributed by atoms with E-state index in [1.54, 1.807) is 7.11 Å². The number of fused-ring (bicyclic) bond motifs is 3. The highest BCUT2D eigenvalue weighted by atomic mass is 35.5. The molecule has 0 aliphatic heterocycles. The minimum atomic E-state index is -0.242. The Morgan fingerprint density at radius 2 is 1.96 bits per heavy atom. The number of carbonyl (C=O) groups is 1. The molecule has 1 aromatic heterocycles. The fraction of sp³-hybridized carbons (Fsp3) is 0.316. The molecule has 132 valence electrons. The van der Waals surface area contributed by atoms with E-state index >= 15 is 0 Å². The maximum Gasteiger partial charge on any atom is 0.241 e. The second-order valence-corrected chi connectivity index (χ2v) is 6.30. The van der Waals surface area contributed by atoms with Gasteiger partial charge in [0.15, 0.2) is 0 Å². The van der Waals surface area contributed by atoms with Crippen molar-refractivity contribution in [3.8, 4) is 5.75 Å². The van der Waals surface area contributed by atoms with Crippen LogP contribution in [0.25, 0.3) is 21.9 Å². The first kappa shape index (κ1) is 17.6. The van der Waals surface area contributed by atoms with Crippen LogP contribution in [0, 0.1) is 0 Å². The Bertz CT molecular complexity index is 918. The van der Waals surface area contributed by atoms with Crippen molar-refractivity contribution in [2.24, 2.45) is 0 Å². The molecule has 1 atom stereocenters. The van der Waals surface area contributed by atoms with Crippen LogP contribution < -0.4 is 15.4 Å². The highest BCUT2D eigenvalue weighted by Crippen LogP contribution is 2.36. The number of halogens is 1. The van der Waals surface area contributed by atoms with Crippen LogP contribution >= 0.6 is 12.4 Å². The van der Waals surface area contributed by atoms with Crippen molar-refractivity contribution in [1.29, 1.82) is 0 Å². The molecule has 4 rings (SSSR count). The number of ether oxygens (including phenoxy) is 1. The van der Waals surface area contributed by atoms with E-state index in [-0.39, 0.29) is 24.4 Å². The predicted octanol–water partition coefficient (Wildman–Crippen LogP) is 4.10. The molecule has 1 aliphatic carbocycles. The summed E-state index contributed by atoms with van der Waals surface area (Å²) in [7, 11) is 1.60. The van der Waals surface area contributed by atoms with Gasteiger partial charge in [0.2, 0.25) is 5.91 Å². The zero-order chi connectivity index (χ0) is 16.7. The summed E-state index contributed by atoms with van der Waals surface area (Å²) in [5.74, 6) is 0.552. The molecule has 0 bridgehead atoms. The van der Waals surface area contributed by atoms with Crippen LogP contribution in [0.15, 0.2) is 40.8 Å². The van der Waals surface area contributed by atoms with Gasteiger partial charge in [-0.15, -0.1) is 12.4 Å². The number of furan rings is 1. The number of anilines is 1. The van der Waals surface area contributed by atoms with Gasteiger partial charge in [-0.2, -0.15) is 0 Å². The van der Waals surface area contributed by atoms with E-state index < -0.39 is 0 Å². The monoisotopic (exact) mass is 360 g/mol. The van der Waals surface area contributed by atoms with Crippen LogP contribution in [0.3, 0.4) is 0 Å². The molecule has 0 radical (unpaired) electrons. The molecule has 0 spiro atoms. The third-order valence-electron chi connectivity index (χ3n) is 4.41. The molecule has 1 aliphatic rings. The van der Waals surface area contributed by atoms with Gasteiger partial charge >= 0.3 is 0 Å². The summed E-state index contributed by atoms with van der Waals surface area (Å²) in [6, 6.07) is 11.8. The van der Waals surface area contributed by atoms with E-state index in [9.17, 15) is 4.79 Å². The minimum absolute atomic E-state index is 0. The molecule has 5 nitrogen and oxygen atoms in total. The maximum absolute atomic E-state index is 12.4. The van der Waals surface area contributed by atoms with Gasteiger partial charge in [-0.25, -0.2) is 0 Å². The van der Waals surface area contributed by atoms with E-state index in [4.69, 9.17) is 9.15 Å². The van der Waals surface area contributed by atoms with Crippen LogP contribution in [0.4, 0.5) is 5.69 Å². The highest BCUT2D eigenvalue weighted by molar-refractivity contribution is 6.08. The summed E-state index contributed by atoms with van der Waals surface area (Å²) in [6.07, 6.45) is 2.29. The van der Waals surface area contributed by atoms with Crippen molar-refractivity contribution >= 4 is 45.9 Å². The highest BCUT2D eigenvalue weighted by Gasteiger charge is 2.26. The average Bonchev–Trinajstić information content (AvgIpc) is 3.33. The summed E-state index contributed by atoms with van der Waals surface area (Å²) in [5, 5.41) is 8.25. The van der Waals surface area contributed by atoms with E-state index in [0.717, 1.165) is 34.8 Å². The van der Waals surface area contributed by atoms with Gasteiger partial charge in [-0.3, -0.25) is 4.79 Å². The number of benzene rings is 2. The van der Waals surface area contributed by atoms with Crippen molar-refractivity contribution < 1.29 is 13.9 Å². The predicted molar refractivity (Wildman–Crippen MR) is 102 cm³/mol. The maximum atomic E-state index is 12.4. The standard InChI is InChI=1S/C19H20N2O3.ClH/c1-11(20-12-7-8-12)19(22)21-15-10-17-14(9-18(15)23-2)13-5-3-4-6-16(13)24-17;/h3-6,9-12,20H,7-8H2,1-2H3,(H,21,22);1H. The lowest BCUT2D eigenvalue weighted by atomic mass is 10.1. The molecule has 25 heavy (non-hydrogen) atoms. The molecule has 2 N–H and O–H groups in total. The Morgan fingerprint density at radius 1 is 1.20 bits per heavy atom. The lowest BCUT2D eigenvalue weighted by molar-refractivity contribution is -0.117. The lowest BCUT2D eigenvalue weighted by Gasteiger charge is -2.15. The third-order valence-corrected chi connectivity index (χ3v) is 4.41. The minimum Gasteiger partial charge on any atom is -0.495 e. The Labute approximate surface area is 152 Å². The molecule has 6 heteroatoms. The first-order valence-corrected chi connectivity index (χ1v) is 8.22. The number of para-hydroxylation sites is 1. The first-order chi connectivity index (χ1) is 11.7. The van der Waals surface area contributed by atoms with Crippen LogP contribution in [-0.4, -0.2) is 25.1 Å². The largest absolute Gasteiger partial charge is 0.495 e. The molecule has 1 heterocycles. The van der Waals surface area contributed by atoms with Gasteiger partial charge in [0.1, 0.15) is 16.9 Å². The zero-order valence-electron chi connectivity index (χ0n) is 14.2. The van der Waals surface area contributed by atoms with E-state index in [1.807, 2.05) is 43.3 Å². The molecule has 1 unspecified atom stereocenters. The van der Waals surface area contributed by atoms with Crippen molar-refractivity contribution in [2.75, 3.05) is 12.4 Å². The third kappa shape index (κ3) is 3.43. The number of carbonyl (C=O) groups excluding carboxylic acids is 1. The number of amides is 1. The summed E-state index contributed by atoms with van der Waals surface area (Å²) < 4.78 is 11.4. The van der Waals surface area contributed by atoms with Crippen LogP contribution in [0.1, 0.15) is 19.8 Å². The molecule has 1 saturated carbocycles. The first-order valence-electron chi connectivity index (χ1n) is 8.22. The van der Waals surface area contributed by atoms with Gasteiger partial charge in [0.25, 0.3) is 0 Å². The van der Waals surface area contributed by atoms with Gasteiger partial charge in [-0.05, 0) is 31.9 Å². The van der Waals surface area contributed by atoms with Crippen molar-refractivity contribution in [3.05, 3.63) is 36.4 Å². The van der Waals surface area contributed by atoms with Crippen molar-refractivity contribution in [3.63, 3.8) is 0 Å². The Hall–Kier alpha value is -2.24. The van der Waals surface area contributed by atoms with Crippen LogP contribution in [0.2, 0.25) is 0 Å². The molecule has 0 saturated heterocycles. The average molecular weight is 361 g/mol. The molecule has 1 fully saturated rings. The van der Waals surface area contributed by atoms with Gasteiger partial charge < -0.3 is 19.8 Å². The molecule has 3 aromatic rings. The molecular formula is C19H21ClN2O3. The Balaban J connectivity index is 0.00000182. The van der Waals surface area contributed by atoms with Gasteiger partial charge in [-0.1, -0.05) is 18.2 Å². The Kier molecular flexibility index (Phi) is 4.88. The number of rotatable bonds is 5. The fourth-order valence-electron chi connectivity index (χ4n) is 2.94. The smallest absolute Gasteiger partial charge is 0.241 e. The number of hydrogen-bond acceptors (Lipinski definition) is 4. The Morgan fingerprint density at radius 3 is 2.68 bits per heavy atom. The molecule has 1 amide bonds. The fourth-order valence-corrected chi connectivity index (χ4v) is 2.94. The second-order valence-electron chi connectivity index (χ2n) is 6.30. The quantitative estimate of drug-likeness (QED) is 0.719. The van der Waals surface area contributed by atoms with E-state index in [2.05, 4.69) is 10.6 Å². The zero-order valence-corrected chi connectivity index (χ0v) is 15.0.